The fraction of sp³-hybridized carbons (Fsp3) is 0.0952. The minimum Gasteiger partial charge on any atom is -0.330 e. The number of thiocarbonyl (C=S) groups is 1. The van der Waals surface area contributed by atoms with Gasteiger partial charge in [-0.25, -0.2) is 4.39 Å². The average Bonchev–Trinajstić information content (AvgIpc) is 3.29. The van der Waals surface area contributed by atoms with E-state index in [4.69, 9.17) is 23.8 Å². The smallest absolute Gasteiger partial charge is 0.176 e. The van der Waals surface area contributed by atoms with Crippen molar-refractivity contribution in [3.05, 3.63) is 93.6 Å². The Balaban J connectivity index is 1.35. The lowest BCUT2D eigenvalue weighted by molar-refractivity contribution is 0.624. The molecule has 0 aliphatic rings. The normalized spacial score (nSPS) is 10.8. The van der Waals surface area contributed by atoms with Gasteiger partial charge in [0, 0.05) is 17.4 Å². The van der Waals surface area contributed by atoms with E-state index >= 15 is 0 Å². The molecular formula is C21H17BrClFN6S. The lowest BCUT2D eigenvalue weighted by Gasteiger charge is -2.07. The number of halogens is 3. The van der Waals surface area contributed by atoms with E-state index in [1.54, 1.807) is 27.7 Å². The number of nitrogens with zero attached hydrogens (tertiary/aromatic N) is 4. The highest BCUT2D eigenvalue weighted by Crippen LogP contribution is 2.21. The molecule has 0 saturated carbocycles. The predicted molar refractivity (Wildman–Crippen MR) is 128 cm³/mol. The molecule has 2 aromatic heterocycles. The highest BCUT2D eigenvalue weighted by molar-refractivity contribution is 9.10. The van der Waals surface area contributed by atoms with Crippen molar-refractivity contribution in [1.82, 2.24) is 19.6 Å². The number of aromatic nitrogens is 4. The molecule has 0 atom stereocenters. The Kier molecular flexibility index (Phi) is 6.64. The molecule has 0 bridgehead atoms. The van der Waals surface area contributed by atoms with Gasteiger partial charge >= 0.3 is 0 Å². The second kappa shape index (κ2) is 9.59. The van der Waals surface area contributed by atoms with Crippen LogP contribution >= 0.6 is 39.7 Å². The molecule has 0 fully saturated rings. The zero-order valence-corrected chi connectivity index (χ0v) is 19.3. The summed E-state index contributed by atoms with van der Waals surface area (Å²) in [7, 11) is 0. The third-order valence-electron chi connectivity index (χ3n) is 4.33. The van der Waals surface area contributed by atoms with Gasteiger partial charge in [-0.1, -0.05) is 35.9 Å². The highest BCUT2D eigenvalue weighted by atomic mass is 79.9. The van der Waals surface area contributed by atoms with Gasteiger partial charge in [0.1, 0.15) is 5.82 Å². The van der Waals surface area contributed by atoms with Gasteiger partial charge in [0.15, 0.2) is 10.9 Å². The molecule has 158 valence electrons. The average molecular weight is 520 g/mol. The highest BCUT2D eigenvalue weighted by Gasteiger charge is 2.10. The first-order chi connectivity index (χ1) is 14.9. The van der Waals surface area contributed by atoms with Crippen LogP contribution in [0, 0.1) is 5.82 Å². The summed E-state index contributed by atoms with van der Waals surface area (Å²) in [5.74, 6) is 0.311. The molecule has 2 N–H and O–H groups in total. The molecule has 31 heavy (non-hydrogen) atoms. The molecule has 2 heterocycles. The van der Waals surface area contributed by atoms with Gasteiger partial charge in [0.05, 0.1) is 29.4 Å². The van der Waals surface area contributed by atoms with Crippen LogP contribution in [0.15, 0.2) is 71.6 Å². The molecule has 4 aromatic rings. The Morgan fingerprint density at radius 3 is 2.58 bits per heavy atom. The third-order valence-corrected chi connectivity index (χ3v) is 5.35. The molecule has 6 nitrogen and oxygen atoms in total. The predicted octanol–water partition coefficient (Wildman–Crippen LogP) is 5.54. The Morgan fingerprint density at radius 1 is 1.03 bits per heavy atom. The van der Waals surface area contributed by atoms with Crippen LogP contribution < -0.4 is 10.6 Å². The minimum atomic E-state index is -0.264. The fourth-order valence-corrected chi connectivity index (χ4v) is 3.79. The molecule has 10 heteroatoms. The second-order valence-corrected chi connectivity index (χ2v) is 8.48. The van der Waals surface area contributed by atoms with Crippen LogP contribution in [0.2, 0.25) is 5.02 Å². The van der Waals surface area contributed by atoms with Crippen molar-refractivity contribution >= 4 is 56.4 Å². The zero-order chi connectivity index (χ0) is 21.8. The maximum Gasteiger partial charge on any atom is 0.176 e. The van der Waals surface area contributed by atoms with Crippen molar-refractivity contribution in [2.24, 2.45) is 0 Å². The van der Waals surface area contributed by atoms with Crippen molar-refractivity contribution in [2.45, 2.75) is 13.1 Å². The summed E-state index contributed by atoms with van der Waals surface area (Å²) in [6, 6.07) is 14.0. The molecule has 0 saturated heterocycles. The molecule has 0 unspecified atom stereocenters. The molecule has 0 radical (unpaired) electrons. The van der Waals surface area contributed by atoms with E-state index in [0.717, 1.165) is 21.3 Å². The molecule has 0 aliphatic carbocycles. The van der Waals surface area contributed by atoms with Gasteiger partial charge in [-0.05, 0) is 63.5 Å². The van der Waals surface area contributed by atoms with Crippen LogP contribution in [0.3, 0.4) is 0 Å². The van der Waals surface area contributed by atoms with E-state index in [1.807, 2.05) is 36.7 Å². The summed E-state index contributed by atoms with van der Waals surface area (Å²) >= 11 is 14.9. The lowest BCUT2D eigenvalue weighted by atomic mass is 10.2. The zero-order valence-electron chi connectivity index (χ0n) is 16.1. The van der Waals surface area contributed by atoms with Gasteiger partial charge in [0.2, 0.25) is 0 Å². The van der Waals surface area contributed by atoms with Gasteiger partial charge in [0.25, 0.3) is 0 Å². The van der Waals surface area contributed by atoms with Gasteiger partial charge in [-0.15, -0.1) is 0 Å². The summed E-state index contributed by atoms with van der Waals surface area (Å²) in [5, 5.41) is 16.1. The van der Waals surface area contributed by atoms with Crippen molar-refractivity contribution in [3.63, 3.8) is 0 Å². The van der Waals surface area contributed by atoms with Crippen LogP contribution in [-0.2, 0) is 13.1 Å². The number of rotatable bonds is 6. The van der Waals surface area contributed by atoms with Gasteiger partial charge < -0.3 is 10.6 Å². The monoisotopic (exact) mass is 518 g/mol. The summed E-state index contributed by atoms with van der Waals surface area (Å²) in [5.41, 5.74) is 2.75. The maximum atomic E-state index is 13.1. The first-order valence-corrected chi connectivity index (χ1v) is 10.8. The molecule has 0 amide bonds. The largest absolute Gasteiger partial charge is 0.330 e. The third kappa shape index (κ3) is 5.90. The Bertz CT molecular complexity index is 1210. The quantitative estimate of drug-likeness (QED) is 0.328. The number of hydrogen-bond acceptors (Lipinski definition) is 3. The van der Waals surface area contributed by atoms with E-state index in [-0.39, 0.29) is 5.82 Å². The van der Waals surface area contributed by atoms with Crippen molar-refractivity contribution < 1.29 is 4.39 Å². The van der Waals surface area contributed by atoms with E-state index < -0.39 is 0 Å². The second-order valence-electron chi connectivity index (χ2n) is 6.79. The van der Waals surface area contributed by atoms with E-state index in [9.17, 15) is 4.39 Å². The summed E-state index contributed by atoms with van der Waals surface area (Å²) in [6.07, 6.45) is 5.38. The van der Waals surface area contributed by atoms with Crippen molar-refractivity contribution in [3.8, 4) is 0 Å². The van der Waals surface area contributed by atoms with Crippen molar-refractivity contribution in [2.75, 3.05) is 10.6 Å². The number of benzene rings is 2. The van der Waals surface area contributed by atoms with E-state index in [2.05, 4.69) is 36.8 Å². The molecule has 2 aromatic carbocycles. The minimum absolute atomic E-state index is 0.264. The fourth-order valence-electron chi connectivity index (χ4n) is 2.95. The molecule has 0 aliphatic heterocycles. The van der Waals surface area contributed by atoms with E-state index in [0.29, 0.717) is 29.0 Å². The molecule has 0 spiro atoms. The summed E-state index contributed by atoms with van der Waals surface area (Å²) < 4.78 is 17.4. The van der Waals surface area contributed by atoms with Crippen molar-refractivity contribution in [1.29, 1.82) is 0 Å². The Labute approximate surface area is 197 Å². The van der Waals surface area contributed by atoms with Crippen LogP contribution in [0.4, 0.5) is 15.9 Å². The summed E-state index contributed by atoms with van der Waals surface area (Å²) in [4.78, 5) is 0. The van der Waals surface area contributed by atoms with Crippen LogP contribution in [-0.4, -0.2) is 24.7 Å². The topological polar surface area (TPSA) is 59.7 Å². The number of hydrogen-bond donors (Lipinski definition) is 2. The lowest BCUT2D eigenvalue weighted by Crippen LogP contribution is -2.19. The number of anilines is 2. The Hall–Kier alpha value is -2.75. The summed E-state index contributed by atoms with van der Waals surface area (Å²) in [6.45, 7) is 1.11. The maximum absolute atomic E-state index is 13.1. The number of nitrogens with one attached hydrogen (secondary N) is 2. The standard InChI is InChI=1S/C21H17BrClFN6S/c22-19-13-30(10-14-4-6-17(24)7-5-14)28-20(19)27-21(31)26-18-9-25-29(12-18)11-15-2-1-3-16(23)8-15/h1-9,12-13H,10-11H2,(H2,26,27,28,31). The molecular weight excluding hydrogens is 503 g/mol. The first kappa shape index (κ1) is 21.5. The van der Waals surface area contributed by atoms with Gasteiger partial charge in [-0.3, -0.25) is 9.36 Å². The van der Waals surface area contributed by atoms with Crippen LogP contribution in [0.5, 0.6) is 0 Å². The van der Waals surface area contributed by atoms with Gasteiger partial charge in [-0.2, -0.15) is 10.2 Å². The molecule has 4 rings (SSSR count). The Morgan fingerprint density at radius 2 is 1.81 bits per heavy atom. The SMILES string of the molecule is Fc1ccc(Cn2cc(Br)c(NC(=S)Nc3cnn(Cc4cccc(Cl)c4)c3)n2)cc1. The van der Waals surface area contributed by atoms with E-state index in [1.165, 1.54) is 12.1 Å². The van der Waals surface area contributed by atoms with Crippen LogP contribution in [0.1, 0.15) is 11.1 Å². The van der Waals surface area contributed by atoms with Crippen LogP contribution in [0.25, 0.3) is 0 Å². The first-order valence-electron chi connectivity index (χ1n) is 9.27.